The van der Waals surface area contributed by atoms with Crippen LogP contribution in [0.15, 0.2) is 69.6 Å². The van der Waals surface area contributed by atoms with Crippen LogP contribution in [0.4, 0.5) is 0 Å². The molecule has 2 aromatic carbocycles. The highest BCUT2D eigenvalue weighted by atomic mass is 79.9. The Labute approximate surface area is 165 Å². The number of carbonyl (C=O) groups is 1. The maximum atomic E-state index is 12.2. The van der Waals surface area contributed by atoms with Crippen molar-refractivity contribution in [1.82, 2.24) is 0 Å². The van der Waals surface area contributed by atoms with Gasteiger partial charge in [0.25, 0.3) is 0 Å². The van der Waals surface area contributed by atoms with Crippen LogP contribution in [0.2, 0.25) is 5.02 Å². The Kier molecular flexibility index (Phi) is 5.96. The number of ether oxygens (including phenoxy) is 1. The van der Waals surface area contributed by atoms with Gasteiger partial charge in [0.05, 0.1) is 0 Å². The molecule has 5 heteroatoms. The van der Waals surface area contributed by atoms with Crippen molar-refractivity contribution in [1.29, 1.82) is 0 Å². The number of allylic oxidation sites excluding steroid dienone is 1. The first-order valence-corrected chi connectivity index (χ1v) is 9.14. The molecule has 1 heterocycles. The molecule has 0 saturated carbocycles. The van der Waals surface area contributed by atoms with Gasteiger partial charge in [-0.2, -0.15) is 0 Å². The molecular formula is C21H16BrClO3. The van der Waals surface area contributed by atoms with Gasteiger partial charge < -0.3 is 9.15 Å². The highest BCUT2D eigenvalue weighted by molar-refractivity contribution is 9.10. The van der Waals surface area contributed by atoms with Gasteiger partial charge in [0.15, 0.2) is 5.78 Å². The summed E-state index contributed by atoms with van der Waals surface area (Å²) in [4.78, 5) is 12.2. The first kappa shape index (κ1) is 18.5. The number of furan rings is 1. The van der Waals surface area contributed by atoms with Crippen LogP contribution in [0, 0.1) is 6.92 Å². The quantitative estimate of drug-likeness (QED) is 0.331. The summed E-state index contributed by atoms with van der Waals surface area (Å²) in [5, 5.41) is 0.664. The first-order chi connectivity index (χ1) is 12.5. The van der Waals surface area contributed by atoms with Gasteiger partial charge in [0.1, 0.15) is 23.9 Å². The number of benzene rings is 2. The summed E-state index contributed by atoms with van der Waals surface area (Å²) < 4.78 is 12.3. The van der Waals surface area contributed by atoms with Gasteiger partial charge in [-0.25, -0.2) is 0 Å². The molecular weight excluding hydrogens is 416 g/mol. The molecule has 0 saturated heterocycles. The summed E-state index contributed by atoms with van der Waals surface area (Å²) in [6.45, 7) is 2.19. The first-order valence-electron chi connectivity index (χ1n) is 7.97. The van der Waals surface area contributed by atoms with Gasteiger partial charge in [-0.15, -0.1) is 0 Å². The van der Waals surface area contributed by atoms with E-state index >= 15 is 0 Å². The van der Waals surface area contributed by atoms with E-state index in [1.807, 2.05) is 43.3 Å². The summed E-state index contributed by atoms with van der Waals surface area (Å²) in [6, 6.07) is 16.4. The van der Waals surface area contributed by atoms with Crippen LogP contribution in [0.5, 0.6) is 5.75 Å². The molecule has 0 atom stereocenters. The summed E-state index contributed by atoms with van der Waals surface area (Å²) in [6.07, 6.45) is 3.14. The molecule has 0 aliphatic rings. The lowest BCUT2D eigenvalue weighted by Crippen LogP contribution is -1.95. The zero-order valence-electron chi connectivity index (χ0n) is 14.0. The molecule has 0 unspecified atom stereocenters. The number of ketones is 1. The van der Waals surface area contributed by atoms with Crippen molar-refractivity contribution in [3.05, 3.63) is 92.8 Å². The van der Waals surface area contributed by atoms with Crippen LogP contribution in [-0.4, -0.2) is 5.78 Å². The third-order valence-corrected chi connectivity index (χ3v) is 4.68. The van der Waals surface area contributed by atoms with E-state index in [-0.39, 0.29) is 12.4 Å². The van der Waals surface area contributed by atoms with Crippen LogP contribution in [0.25, 0.3) is 6.08 Å². The van der Waals surface area contributed by atoms with Crippen molar-refractivity contribution >= 4 is 39.4 Å². The fourth-order valence-electron chi connectivity index (χ4n) is 2.35. The SMILES string of the molecule is Cc1c(Cl)cccc1OCc1ccc(/C=C/C(=O)c2cccc(Br)c2)o1. The van der Waals surface area contributed by atoms with Gasteiger partial charge in [-0.1, -0.05) is 45.7 Å². The van der Waals surface area contributed by atoms with Gasteiger partial charge in [0.2, 0.25) is 0 Å². The Morgan fingerprint density at radius 1 is 1.19 bits per heavy atom. The number of rotatable bonds is 6. The van der Waals surface area contributed by atoms with E-state index in [9.17, 15) is 4.79 Å². The zero-order valence-corrected chi connectivity index (χ0v) is 16.4. The van der Waals surface area contributed by atoms with Crippen LogP contribution in [0.3, 0.4) is 0 Å². The molecule has 0 spiro atoms. The Morgan fingerprint density at radius 3 is 2.81 bits per heavy atom. The molecule has 0 aliphatic heterocycles. The molecule has 0 bridgehead atoms. The Bertz CT molecular complexity index is 959. The van der Waals surface area contributed by atoms with Crippen LogP contribution in [0.1, 0.15) is 27.4 Å². The van der Waals surface area contributed by atoms with E-state index in [4.69, 9.17) is 20.8 Å². The number of hydrogen-bond acceptors (Lipinski definition) is 3. The Hall–Kier alpha value is -2.30. The molecule has 0 radical (unpaired) electrons. The molecule has 1 aromatic heterocycles. The van der Waals surface area contributed by atoms with Gasteiger partial charge >= 0.3 is 0 Å². The zero-order chi connectivity index (χ0) is 18.5. The van der Waals surface area contributed by atoms with E-state index in [2.05, 4.69) is 15.9 Å². The largest absolute Gasteiger partial charge is 0.485 e. The van der Waals surface area contributed by atoms with E-state index < -0.39 is 0 Å². The minimum atomic E-state index is -0.0879. The molecule has 0 fully saturated rings. The predicted octanol–water partition coefficient (Wildman–Crippen LogP) is 6.48. The lowest BCUT2D eigenvalue weighted by Gasteiger charge is -2.08. The number of halogens is 2. The minimum Gasteiger partial charge on any atom is -0.485 e. The molecule has 0 aliphatic carbocycles. The summed E-state index contributed by atoms with van der Waals surface area (Å²) in [5.41, 5.74) is 1.50. The standard InChI is InChI=1S/C21H16BrClO3/c1-14-19(23)6-3-7-21(14)25-13-18-9-8-17(26-18)10-11-20(24)15-4-2-5-16(22)12-15/h2-12H,13H2,1H3/b11-10+. The minimum absolute atomic E-state index is 0.0879. The molecule has 0 amide bonds. The van der Waals surface area contributed by atoms with E-state index in [0.29, 0.717) is 22.1 Å². The fraction of sp³-hybridized carbons (Fsp3) is 0.0952. The molecule has 26 heavy (non-hydrogen) atoms. The van der Waals surface area contributed by atoms with Crippen molar-refractivity contribution in [2.24, 2.45) is 0 Å². The van der Waals surface area contributed by atoms with Gasteiger partial charge in [-0.3, -0.25) is 4.79 Å². The fourth-order valence-corrected chi connectivity index (χ4v) is 2.92. The van der Waals surface area contributed by atoms with Crippen molar-refractivity contribution in [2.75, 3.05) is 0 Å². The van der Waals surface area contributed by atoms with Crippen LogP contribution < -0.4 is 4.74 Å². The van der Waals surface area contributed by atoms with Crippen LogP contribution >= 0.6 is 27.5 Å². The van der Waals surface area contributed by atoms with Crippen molar-refractivity contribution in [3.63, 3.8) is 0 Å². The Morgan fingerprint density at radius 2 is 2.00 bits per heavy atom. The monoisotopic (exact) mass is 430 g/mol. The highest BCUT2D eigenvalue weighted by Gasteiger charge is 2.06. The molecule has 3 nitrogen and oxygen atoms in total. The maximum absolute atomic E-state index is 12.2. The Balaban J connectivity index is 1.62. The third-order valence-electron chi connectivity index (χ3n) is 3.78. The predicted molar refractivity (Wildman–Crippen MR) is 107 cm³/mol. The maximum Gasteiger partial charge on any atom is 0.186 e. The second-order valence-corrected chi connectivity index (χ2v) is 6.99. The second kappa shape index (κ2) is 8.39. The summed E-state index contributed by atoms with van der Waals surface area (Å²) in [7, 11) is 0. The van der Waals surface area contributed by atoms with Crippen molar-refractivity contribution in [2.45, 2.75) is 13.5 Å². The average molecular weight is 432 g/mol. The smallest absolute Gasteiger partial charge is 0.186 e. The molecule has 0 N–H and O–H groups in total. The lowest BCUT2D eigenvalue weighted by molar-refractivity contribution is 0.104. The summed E-state index contributed by atoms with van der Waals surface area (Å²) in [5.74, 6) is 1.89. The average Bonchev–Trinajstić information content (AvgIpc) is 3.09. The second-order valence-electron chi connectivity index (χ2n) is 5.66. The van der Waals surface area contributed by atoms with E-state index in [1.54, 1.807) is 24.3 Å². The number of hydrogen-bond donors (Lipinski definition) is 0. The van der Waals surface area contributed by atoms with E-state index in [1.165, 1.54) is 6.08 Å². The van der Waals surface area contributed by atoms with Gasteiger partial charge in [0, 0.05) is 20.6 Å². The van der Waals surface area contributed by atoms with Crippen molar-refractivity contribution in [3.8, 4) is 5.75 Å². The van der Waals surface area contributed by atoms with Gasteiger partial charge in [-0.05, 0) is 55.5 Å². The van der Waals surface area contributed by atoms with Crippen LogP contribution in [-0.2, 0) is 6.61 Å². The molecule has 3 aromatic rings. The topological polar surface area (TPSA) is 39.4 Å². The summed E-state index contributed by atoms with van der Waals surface area (Å²) >= 11 is 9.44. The normalized spacial score (nSPS) is 11.0. The van der Waals surface area contributed by atoms with Crippen molar-refractivity contribution < 1.29 is 13.9 Å². The third kappa shape index (κ3) is 4.65. The highest BCUT2D eigenvalue weighted by Crippen LogP contribution is 2.26. The molecule has 132 valence electrons. The number of carbonyl (C=O) groups excluding carboxylic acids is 1. The van der Waals surface area contributed by atoms with E-state index in [0.717, 1.165) is 15.8 Å². The molecule has 3 rings (SSSR count). The lowest BCUT2D eigenvalue weighted by atomic mass is 10.1.